The van der Waals surface area contributed by atoms with E-state index in [1.807, 2.05) is 6.08 Å². The molecule has 5 heteroatoms. The van der Waals surface area contributed by atoms with Crippen molar-refractivity contribution in [2.45, 2.75) is 31.9 Å². The molecule has 1 saturated heterocycles. The van der Waals surface area contributed by atoms with Gasteiger partial charge in [-0.15, -0.1) is 17.9 Å². The molecule has 0 saturated carbocycles. The summed E-state index contributed by atoms with van der Waals surface area (Å²) in [4.78, 5) is 5.92. The van der Waals surface area contributed by atoms with E-state index in [0.29, 0.717) is 13.1 Å². The van der Waals surface area contributed by atoms with Crippen LogP contribution in [0.3, 0.4) is 0 Å². The van der Waals surface area contributed by atoms with Crippen LogP contribution in [0.2, 0.25) is 0 Å². The first-order chi connectivity index (χ1) is 9.79. The van der Waals surface area contributed by atoms with E-state index >= 15 is 0 Å². The summed E-state index contributed by atoms with van der Waals surface area (Å²) in [5.74, 6) is 0.821. The van der Waals surface area contributed by atoms with Crippen LogP contribution < -0.4 is 10.6 Å². The van der Waals surface area contributed by atoms with E-state index in [0.717, 1.165) is 25.4 Å². The lowest BCUT2D eigenvalue weighted by molar-refractivity contribution is 0.117. The van der Waals surface area contributed by atoms with Gasteiger partial charge < -0.3 is 15.4 Å². The number of hydrogen-bond donors (Lipinski definition) is 2. The van der Waals surface area contributed by atoms with Crippen LogP contribution in [0.4, 0.5) is 0 Å². The van der Waals surface area contributed by atoms with Crippen molar-refractivity contribution in [3.8, 4) is 0 Å². The van der Waals surface area contributed by atoms with Crippen molar-refractivity contribution >= 4 is 17.3 Å². The highest BCUT2D eigenvalue weighted by Crippen LogP contribution is 2.18. The molecule has 110 valence electrons. The molecule has 0 radical (unpaired) electrons. The number of ether oxygens (including phenoxy) is 1. The first-order valence-electron chi connectivity index (χ1n) is 7.10. The lowest BCUT2D eigenvalue weighted by atomic mass is 10.2. The molecule has 0 bridgehead atoms. The Morgan fingerprint density at radius 3 is 3.25 bits per heavy atom. The number of thiophene rings is 1. The maximum Gasteiger partial charge on any atom is 0.192 e. The molecule has 0 aliphatic carbocycles. The van der Waals surface area contributed by atoms with Gasteiger partial charge in [0.05, 0.1) is 18.7 Å². The molecule has 0 spiro atoms. The predicted molar refractivity (Wildman–Crippen MR) is 85.3 cm³/mol. The van der Waals surface area contributed by atoms with E-state index in [1.165, 1.54) is 4.88 Å². The highest BCUT2D eigenvalue weighted by Gasteiger charge is 2.15. The van der Waals surface area contributed by atoms with Crippen LogP contribution in [-0.4, -0.2) is 31.8 Å². The Morgan fingerprint density at radius 1 is 1.70 bits per heavy atom. The molecule has 20 heavy (non-hydrogen) atoms. The smallest absolute Gasteiger partial charge is 0.192 e. The van der Waals surface area contributed by atoms with Gasteiger partial charge in [-0.25, -0.2) is 0 Å². The number of nitrogens with one attached hydrogen (secondary N) is 2. The monoisotopic (exact) mass is 293 g/mol. The third-order valence-electron chi connectivity index (χ3n) is 3.21. The highest BCUT2D eigenvalue weighted by molar-refractivity contribution is 7.10. The van der Waals surface area contributed by atoms with Crippen molar-refractivity contribution in [2.24, 2.45) is 4.99 Å². The fourth-order valence-electron chi connectivity index (χ4n) is 2.12. The van der Waals surface area contributed by atoms with Crippen LogP contribution in [0.5, 0.6) is 0 Å². The number of guanidine groups is 1. The molecule has 2 atom stereocenters. The molecule has 0 unspecified atom stereocenters. The second-order valence-electron chi connectivity index (χ2n) is 4.88. The Hall–Kier alpha value is -1.33. The summed E-state index contributed by atoms with van der Waals surface area (Å²) in [6.07, 6.45) is 4.36. The average molecular weight is 293 g/mol. The third kappa shape index (κ3) is 4.65. The largest absolute Gasteiger partial charge is 0.376 e. The van der Waals surface area contributed by atoms with Crippen LogP contribution in [0.25, 0.3) is 0 Å². The zero-order chi connectivity index (χ0) is 14.2. The van der Waals surface area contributed by atoms with Gasteiger partial charge in [0.25, 0.3) is 0 Å². The molecule has 1 aromatic heterocycles. The van der Waals surface area contributed by atoms with Crippen LogP contribution in [0.1, 0.15) is 30.7 Å². The normalized spacial score (nSPS) is 20.6. The number of rotatable bonds is 6. The molecule has 1 fully saturated rings. The second-order valence-corrected chi connectivity index (χ2v) is 5.85. The van der Waals surface area contributed by atoms with Crippen molar-refractivity contribution in [2.75, 3.05) is 19.7 Å². The quantitative estimate of drug-likeness (QED) is 0.481. The maximum atomic E-state index is 5.60. The second kappa shape index (κ2) is 8.07. The number of hydrogen-bond acceptors (Lipinski definition) is 3. The molecule has 1 aliphatic heterocycles. The Bertz CT molecular complexity index is 424. The molecule has 4 nitrogen and oxygen atoms in total. The molecule has 1 aliphatic rings. The minimum absolute atomic E-state index is 0.246. The van der Waals surface area contributed by atoms with Crippen LogP contribution in [0, 0.1) is 0 Å². The Morgan fingerprint density at radius 2 is 2.60 bits per heavy atom. The molecular weight excluding hydrogens is 270 g/mol. The summed E-state index contributed by atoms with van der Waals surface area (Å²) >= 11 is 1.75. The van der Waals surface area contributed by atoms with Gasteiger partial charge in [0.2, 0.25) is 0 Å². The Balaban J connectivity index is 1.91. The fourth-order valence-corrected chi connectivity index (χ4v) is 2.85. The Kier molecular flexibility index (Phi) is 6.08. The van der Waals surface area contributed by atoms with Gasteiger partial charge in [-0.1, -0.05) is 12.1 Å². The van der Waals surface area contributed by atoms with E-state index in [-0.39, 0.29) is 12.1 Å². The first kappa shape index (κ1) is 15.1. The summed E-state index contributed by atoms with van der Waals surface area (Å²) in [6, 6.07) is 4.45. The van der Waals surface area contributed by atoms with Gasteiger partial charge in [-0.05, 0) is 31.2 Å². The topological polar surface area (TPSA) is 45.7 Å². The van der Waals surface area contributed by atoms with Gasteiger partial charge in [0, 0.05) is 18.0 Å². The minimum Gasteiger partial charge on any atom is -0.376 e. The Labute approximate surface area is 124 Å². The molecule has 2 rings (SSSR count). The zero-order valence-corrected chi connectivity index (χ0v) is 12.8. The van der Waals surface area contributed by atoms with Gasteiger partial charge >= 0.3 is 0 Å². The van der Waals surface area contributed by atoms with Crippen LogP contribution >= 0.6 is 11.3 Å². The van der Waals surface area contributed by atoms with E-state index < -0.39 is 0 Å². The van der Waals surface area contributed by atoms with Crippen molar-refractivity contribution in [3.63, 3.8) is 0 Å². The lowest BCUT2D eigenvalue weighted by Crippen LogP contribution is -2.39. The van der Waals surface area contributed by atoms with Gasteiger partial charge in [0.15, 0.2) is 5.96 Å². The molecule has 2 N–H and O–H groups in total. The summed E-state index contributed by atoms with van der Waals surface area (Å²) in [5, 5.41) is 8.77. The SMILES string of the molecule is C=CCNC(=NC[C@@H]1CCCO1)N[C@H](C)c1cccs1. The molecule has 2 heterocycles. The number of aliphatic imine (C=N–C) groups is 1. The van der Waals surface area contributed by atoms with E-state index in [9.17, 15) is 0 Å². The summed E-state index contributed by atoms with van der Waals surface area (Å²) in [6.45, 7) is 8.16. The van der Waals surface area contributed by atoms with Crippen molar-refractivity contribution in [3.05, 3.63) is 35.0 Å². The third-order valence-corrected chi connectivity index (χ3v) is 4.27. The summed E-state index contributed by atoms with van der Waals surface area (Å²) in [7, 11) is 0. The predicted octanol–water partition coefficient (Wildman–Crippen LogP) is 2.71. The average Bonchev–Trinajstić information content (AvgIpc) is 3.13. The van der Waals surface area contributed by atoms with E-state index in [4.69, 9.17) is 4.74 Å². The summed E-state index contributed by atoms with van der Waals surface area (Å²) < 4.78 is 5.60. The fraction of sp³-hybridized carbons (Fsp3) is 0.533. The number of nitrogens with zero attached hydrogens (tertiary/aromatic N) is 1. The van der Waals surface area contributed by atoms with Gasteiger partial charge in [0.1, 0.15) is 0 Å². The van der Waals surface area contributed by atoms with E-state index in [2.05, 4.69) is 46.6 Å². The summed E-state index contributed by atoms with van der Waals surface area (Å²) in [5.41, 5.74) is 0. The maximum absolute atomic E-state index is 5.60. The lowest BCUT2D eigenvalue weighted by Gasteiger charge is -2.17. The zero-order valence-electron chi connectivity index (χ0n) is 12.0. The van der Waals surface area contributed by atoms with Gasteiger partial charge in [-0.3, -0.25) is 4.99 Å². The molecule has 1 aromatic rings. The van der Waals surface area contributed by atoms with Crippen molar-refractivity contribution in [1.29, 1.82) is 0 Å². The van der Waals surface area contributed by atoms with Crippen molar-refractivity contribution < 1.29 is 4.74 Å². The van der Waals surface area contributed by atoms with Crippen LogP contribution in [-0.2, 0) is 4.74 Å². The first-order valence-corrected chi connectivity index (χ1v) is 7.98. The standard InChI is InChI=1S/C15H23N3OS/c1-3-8-16-15(17-11-13-6-4-9-19-13)18-12(2)14-7-5-10-20-14/h3,5,7,10,12-13H,1,4,6,8-9,11H2,2H3,(H2,16,17,18)/t12-,13+/m1/s1. The van der Waals surface area contributed by atoms with Crippen molar-refractivity contribution in [1.82, 2.24) is 10.6 Å². The highest BCUT2D eigenvalue weighted by atomic mass is 32.1. The molecular formula is C15H23N3OS. The molecule has 0 amide bonds. The van der Waals surface area contributed by atoms with Gasteiger partial charge in [-0.2, -0.15) is 0 Å². The minimum atomic E-state index is 0.246. The molecule has 0 aromatic carbocycles. The van der Waals surface area contributed by atoms with Crippen LogP contribution in [0.15, 0.2) is 35.2 Å². The van der Waals surface area contributed by atoms with E-state index in [1.54, 1.807) is 11.3 Å².